The maximum Gasteiger partial charge on any atom is 0.287 e. The van der Waals surface area contributed by atoms with E-state index in [0.717, 1.165) is 16.7 Å². The maximum absolute atomic E-state index is 12.3. The van der Waals surface area contributed by atoms with Crippen LogP contribution in [-0.4, -0.2) is 20.1 Å². The fourth-order valence-corrected chi connectivity index (χ4v) is 2.36. The van der Waals surface area contributed by atoms with Gasteiger partial charge in [0.1, 0.15) is 5.75 Å². The molecule has 1 N–H and O–H groups in total. The van der Waals surface area contributed by atoms with Gasteiger partial charge in [0.15, 0.2) is 17.1 Å². The lowest BCUT2D eigenvalue weighted by Gasteiger charge is -2.05. The molecule has 0 aliphatic rings. The van der Waals surface area contributed by atoms with Gasteiger partial charge in [0.2, 0.25) is 0 Å². The fraction of sp³-hybridized carbons (Fsp3) is 0.167. The van der Waals surface area contributed by atoms with E-state index in [1.165, 1.54) is 0 Å². The van der Waals surface area contributed by atoms with Gasteiger partial charge in [0.05, 0.1) is 14.2 Å². The topological polar surface area (TPSA) is 60.7 Å². The van der Waals surface area contributed by atoms with E-state index in [0.29, 0.717) is 17.9 Å². The van der Waals surface area contributed by atoms with Gasteiger partial charge in [-0.25, -0.2) is 0 Å². The fourth-order valence-electron chi connectivity index (χ4n) is 2.36. The van der Waals surface area contributed by atoms with Crippen molar-refractivity contribution in [3.63, 3.8) is 0 Å². The molecule has 1 aromatic heterocycles. The number of carbonyl (C=O) groups excluding carboxylic acids is 1. The number of amides is 1. The van der Waals surface area contributed by atoms with Gasteiger partial charge >= 0.3 is 0 Å². The first-order chi connectivity index (χ1) is 11.2. The highest BCUT2D eigenvalue weighted by Crippen LogP contribution is 2.28. The normalized spacial score (nSPS) is 10.5. The molecule has 118 valence electrons. The SMILES string of the molecule is COc1cccc(CNC(=O)c2cc3cccc(OC)c3o2)c1. The van der Waals surface area contributed by atoms with E-state index in [1.54, 1.807) is 26.4 Å². The molecule has 2 aromatic carbocycles. The zero-order valence-corrected chi connectivity index (χ0v) is 13.0. The van der Waals surface area contributed by atoms with Crippen LogP contribution in [0.3, 0.4) is 0 Å². The van der Waals surface area contributed by atoms with Gasteiger partial charge in [0, 0.05) is 11.9 Å². The van der Waals surface area contributed by atoms with Crippen molar-refractivity contribution in [3.8, 4) is 11.5 Å². The molecule has 0 aliphatic heterocycles. The van der Waals surface area contributed by atoms with Gasteiger partial charge in [-0.2, -0.15) is 0 Å². The van der Waals surface area contributed by atoms with Crippen molar-refractivity contribution in [2.75, 3.05) is 14.2 Å². The number of fused-ring (bicyclic) bond motifs is 1. The molecule has 23 heavy (non-hydrogen) atoms. The van der Waals surface area contributed by atoms with Crippen LogP contribution in [0.1, 0.15) is 16.1 Å². The number of furan rings is 1. The summed E-state index contributed by atoms with van der Waals surface area (Å²) in [5, 5.41) is 3.67. The summed E-state index contributed by atoms with van der Waals surface area (Å²) in [4.78, 5) is 12.3. The van der Waals surface area contributed by atoms with Crippen LogP contribution < -0.4 is 14.8 Å². The number of methoxy groups -OCH3 is 2. The average Bonchev–Trinajstić information content (AvgIpc) is 3.04. The number of para-hydroxylation sites is 1. The molecule has 0 fully saturated rings. The van der Waals surface area contributed by atoms with E-state index < -0.39 is 0 Å². The summed E-state index contributed by atoms with van der Waals surface area (Å²) in [7, 11) is 3.18. The van der Waals surface area contributed by atoms with E-state index in [-0.39, 0.29) is 11.7 Å². The highest BCUT2D eigenvalue weighted by molar-refractivity contribution is 5.97. The highest BCUT2D eigenvalue weighted by Gasteiger charge is 2.14. The molecule has 5 heteroatoms. The lowest BCUT2D eigenvalue weighted by atomic mass is 10.2. The quantitative estimate of drug-likeness (QED) is 0.784. The third kappa shape index (κ3) is 3.13. The molecule has 0 saturated carbocycles. The molecular formula is C18H17NO4. The molecule has 0 radical (unpaired) electrons. The van der Waals surface area contributed by atoms with Crippen molar-refractivity contribution in [1.82, 2.24) is 5.32 Å². The van der Waals surface area contributed by atoms with Crippen molar-refractivity contribution < 1.29 is 18.7 Å². The Morgan fingerprint density at radius 3 is 2.70 bits per heavy atom. The zero-order valence-electron chi connectivity index (χ0n) is 13.0. The smallest absolute Gasteiger partial charge is 0.287 e. The molecule has 0 saturated heterocycles. The summed E-state index contributed by atoms with van der Waals surface area (Å²) in [5.41, 5.74) is 1.52. The second-order valence-electron chi connectivity index (χ2n) is 5.02. The van der Waals surface area contributed by atoms with Crippen LogP contribution in [0.15, 0.2) is 52.9 Å². The Bertz CT molecular complexity index is 838. The van der Waals surface area contributed by atoms with Crippen molar-refractivity contribution in [2.45, 2.75) is 6.54 Å². The van der Waals surface area contributed by atoms with Crippen molar-refractivity contribution in [3.05, 3.63) is 59.9 Å². The number of ether oxygens (including phenoxy) is 2. The van der Waals surface area contributed by atoms with Crippen LogP contribution in [0, 0.1) is 0 Å². The largest absolute Gasteiger partial charge is 0.497 e. The minimum atomic E-state index is -0.272. The van der Waals surface area contributed by atoms with E-state index in [2.05, 4.69) is 5.32 Å². The number of benzene rings is 2. The Balaban J connectivity index is 1.75. The van der Waals surface area contributed by atoms with Crippen LogP contribution in [-0.2, 0) is 6.54 Å². The predicted molar refractivity (Wildman–Crippen MR) is 86.9 cm³/mol. The Morgan fingerprint density at radius 2 is 1.91 bits per heavy atom. The third-order valence-corrected chi connectivity index (χ3v) is 3.54. The summed E-state index contributed by atoms with van der Waals surface area (Å²) in [6, 6.07) is 14.8. The van der Waals surface area contributed by atoms with Crippen molar-refractivity contribution in [1.29, 1.82) is 0 Å². The summed E-state index contributed by atoms with van der Waals surface area (Å²) in [6.45, 7) is 0.393. The lowest BCUT2D eigenvalue weighted by Crippen LogP contribution is -2.22. The van der Waals surface area contributed by atoms with Crippen LogP contribution >= 0.6 is 0 Å². The first kappa shape index (κ1) is 15.0. The first-order valence-corrected chi connectivity index (χ1v) is 7.19. The molecule has 0 aliphatic carbocycles. The van der Waals surface area contributed by atoms with Gasteiger partial charge in [-0.05, 0) is 29.8 Å². The summed E-state index contributed by atoms with van der Waals surface area (Å²) >= 11 is 0. The number of rotatable bonds is 5. The van der Waals surface area contributed by atoms with Crippen molar-refractivity contribution in [2.24, 2.45) is 0 Å². The van der Waals surface area contributed by atoms with E-state index in [9.17, 15) is 4.79 Å². The maximum atomic E-state index is 12.3. The van der Waals surface area contributed by atoms with Gasteiger partial charge in [-0.15, -0.1) is 0 Å². The van der Waals surface area contributed by atoms with Crippen LogP contribution in [0.2, 0.25) is 0 Å². The van der Waals surface area contributed by atoms with Gasteiger partial charge < -0.3 is 19.2 Å². The molecule has 3 aromatic rings. The lowest BCUT2D eigenvalue weighted by molar-refractivity contribution is 0.0925. The standard InChI is InChI=1S/C18H17NO4/c1-21-14-7-3-5-12(9-14)11-19-18(20)16-10-13-6-4-8-15(22-2)17(13)23-16/h3-10H,11H2,1-2H3,(H,19,20). The minimum absolute atomic E-state index is 0.257. The monoisotopic (exact) mass is 311 g/mol. The zero-order chi connectivity index (χ0) is 16.2. The second kappa shape index (κ2) is 6.44. The molecule has 0 spiro atoms. The molecule has 0 atom stereocenters. The van der Waals surface area contributed by atoms with Gasteiger partial charge in [-0.3, -0.25) is 4.79 Å². The molecule has 5 nitrogen and oxygen atoms in total. The molecule has 0 bridgehead atoms. The summed E-state index contributed by atoms with van der Waals surface area (Å²) in [5.74, 6) is 1.35. The Labute approximate surface area is 133 Å². The first-order valence-electron chi connectivity index (χ1n) is 7.19. The molecule has 0 unspecified atom stereocenters. The number of hydrogen-bond donors (Lipinski definition) is 1. The number of carbonyl (C=O) groups is 1. The molecule has 3 rings (SSSR count). The van der Waals surface area contributed by atoms with Gasteiger partial charge in [-0.1, -0.05) is 24.3 Å². The third-order valence-electron chi connectivity index (χ3n) is 3.54. The van der Waals surface area contributed by atoms with Crippen LogP contribution in [0.5, 0.6) is 11.5 Å². The summed E-state index contributed by atoms with van der Waals surface area (Å²) < 4.78 is 16.0. The number of nitrogens with one attached hydrogen (secondary N) is 1. The second-order valence-corrected chi connectivity index (χ2v) is 5.02. The Hall–Kier alpha value is -2.95. The van der Waals surface area contributed by atoms with E-state index in [4.69, 9.17) is 13.9 Å². The van der Waals surface area contributed by atoms with Gasteiger partial charge in [0.25, 0.3) is 5.91 Å². The van der Waals surface area contributed by atoms with Crippen molar-refractivity contribution >= 4 is 16.9 Å². The highest BCUT2D eigenvalue weighted by atomic mass is 16.5. The molecule has 1 amide bonds. The molecule has 1 heterocycles. The Kier molecular flexibility index (Phi) is 4.19. The minimum Gasteiger partial charge on any atom is -0.497 e. The predicted octanol–water partition coefficient (Wildman–Crippen LogP) is 3.38. The average molecular weight is 311 g/mol. The number of hydrogen-bond acceptors (Lipinski definition) is 4. The van der Waals surface area contributed by atoms with Crippen LogP contribution in [0.4, 0.5) is 0 Å². The summed E-state index contributed by atoms with van der Waals surface area (Å²) in [6.07, 6.45) is 0. The van der Waals surface area contributed by atoms with E-state index >= 15 is 0 Å². The Morgan fingerprint density at radius 1 is 1.09 bits per heavy atom. The molecular weight excluding hydrogens is 294 g/mol. The van der Waals surface area contributed by atoms with E-state index in [1.807, 2.05) is 36.4 Å². The van der Waals surface area contributed by atoms with Crippen LogP contribution in [0.25, 0.3) is 11.0 Å².